The van der Waals surface area contributed by atoms with Gasteiger partial charge >= 0.3 is 0 Å². The number of carbonyl (C=O) groups is 1. The fourth-order valence-corrected chi connectivity index (χ4v) is 2.83. The minimum Gasteiger partial charge on any atom is -0.359 e. The number of rotatable bonds is 2. The molecule has 3 heterocycles. The molecule has 1 amide bonds. The molecule has 4 aromatic rings. The Hall–Kier alpha value is -3.92. The van der Waals surface area contributed by atoms with Crippen LogP contribution in [0, 0.1) is 18.8 Å². The molecule has 1 aromatic carbocycles. The number of benzene rings is 1. The van der Waals surface area contributed by atoms with Crippen LogP contribution >= 0.6 is 0 Å². The molecule has 7 heteroatoms. The van der Waals surface area contributed by atoms with Gasteiger partial charge in [0.05, 0.1) is 6.20 Å². The van der Waals surface area contributed by atoms with E-state index in [1.54, 1.807) is 36.9 Å². The second-order valence-electron chi connectivity index (χ2n) is 8.01. The van der Waals surface area contributed by atoms with E-state index in [1.807, 2.05) is 44.2 Å². The Morgan fingerprint density at radius 3 is 2.77 bits per heavy atom. The summed E-state index contributed by atoms with van der Waals surface area (Å²) in [5.41, 5.74) is 3.55. The maximum absolute atomic E-state index is 12.7. The van der Waals surface area contributed by atoms with E-state index in [0.29, 0.717) is 17.1 Å². The molecule has 0 saturated heterocycles. The molecule has 4 rings (SSSR count). The summed E-state index contributed by atoms with van der Waals surface area (Å²) >= 11 is 0. The molecule has 0 bridgehead atoms. The first kappa shape index (κ1) is 19.4. The van der Waals surface area contributed by atoms with Crippen LogP contribution in [0.25, 0.3) is 5.65 Å². The molecular formula is C23H21N5O2. The van der Waals surface area contributed by atoms with E-state index < -0.39 is 0 Å². The summed E-state index contributed by atoms with van der Waals surface area (Å²) in [6.45, 7) is 8.01. The van der Waals surface area contributed by atoms with E-state index in [0.717, 1.165) is 22.5 Å². The van der Waals surface area contributed by atoms with Crippen molar-refractivity contribution in [1.29, 1.82) is 0 Å². The number of nitrogens with one attached hydrogen (secondary N) is 1. The molecule has 0 aliphatic carbocycles. The minimum absolute atomic E-state index is 0.185. The molecule has 0 radical (unpaired) electrons. The smallest absolute Gasteiger partial charge is 0.256 e. The zero-order chi connectivity index (χ0) is 21.3. The first-order valence-electron chi connectivity index (χ1n) is 9.49. The lowest BCUT2D eigenvalue weighted by atomic mass is 9.93. The van der Waals surface area contributed by atoms with Gasteiger partial charge in [-0.15, -0.1) is 0 Å². The number of carbonyl (C=O) groups excluding carboxylic acids is 1. The first-order valence-corrected chi connectivity index (χ1v) is 9.49. The van der Waals surface area contributed by atoms with E-state index in [2.05, 4.69) is 32.3 Å². The number of fused-ring (bicyclic) bond motifs is 1. The largest absolute Gasteiger partial charge is 0.359 e. The molecule has 3 aromatic heterocycles. The minimum atomic E-state index is -0.272. The highest BCUT2D eigenvalue weighted by molar-refractivity contribution is 6.04. The Morgan fingerprint density at radius 2 is 2.00 bits per heavy atom. The van der Waals surface area contributed by atoms with Crippen LogP contribution in [0.3, 0.4) is 0 Å². The van der Waals surface area contributed by atoms with E-state index in [9.17, 15) is 4.79 Å². The molecule has 0 fully saturated rings. The molecule has 7 nitrogen and oxygen atoms in total. The third kappa shape index (κ3) is 3.94. The lowest BCUT2D eigenvalue weighted by Gasteiger charge is -2.12. The number of hydrogen-bond acceptors (Lipinski definition) is 5. The number of imidazole rings is 1. The Balaban J connectivity index is 1.58. The summed E-state index contributed by atoms with van der Waals surface area (Å²) < 4.78 is 7.14. The second-order valence-corrected chi connectivity index (χ2v) is 8.01. The van der Waals surface area contributed by atoms with E-state index in [1.165, 1.54) is 0 Å². The topological polar surface area (TPSA) is 85.3 Å². The van der Waals surface area contributed by atoms with Gasteiger partial charge in [0.15, 0.2) is 5.82 Å². The maximum Gasteiger partial charge on any atom is 0.256 e. The summed E-state index contributed by atoms with van der Waals surface area (Å²) in [6, 6.07) is 8.96. The first-order chi connectivity index (χ1) is 14.3. The van der Waals surface area contributed by atoms with Gasteiger partial charge in [-0.05, 0) is 36.6 Å². The van der Waals surface area contributed by atoms with Gasteiger partial charge < -0.3 is 9.84 Å². The molecule has 30 heavy (non-hydrogen) atoms. The van der Waals surface area contributed by atoms with Crippen molar-refractivity contribution in [3.63, 3.8) is 0 Å². The zero-order valence-corrected chi connectivity index (χ0v) is 17.2. The van der Waals surface area contributed by atoms with Gasteiger partial charge in [0, 0.05) is 28.8 Å². The number of anilines is 1. The van der Waals surface area contributed by atoms with E-state index in [4.69, 9.17) is 4.52 Å². The summed E-state index contributed by atoms with van der Waals surface area (Å²) in [7, 11) is 0. The molecule has 0 saturated carbocycles. The van der Waals surface area contributed by atoms with Crippen molar-refractivity contribution in [3.05, 3.63) is 77.2 Å². The number of aryl methyl sites for hydroxylation is 1. The summed E-state index contributed by atoms with van der Waals surface area (Å²) in [4.78, 5) is 21.1. The highest BCUT2D eigenvalue weighted by Gasteiger charge is 2.20. The third-order valence-electron chi connectivity index (χ3n) is 4.63. The van der Waals surface area contributed by atoms with Crippen LogP contribution in [0.15, 0.2) is 53.6 Å². The van der Waals surface area contributed by atoms with Crippen LogP contribution in [0.1, 0.15) is 53.7 Å². The Morgan fingerprint density at radius 1 is 1.17 bits per heavy atom. The Kier molecular flexibility index (Phi) is 4.84. The number of nitrogens with zero attached hydrogens (tertiary/aromatic N) is 4. The molecule has 0 unspecified atom stereocenters. The predicted octanol–water partition coefficient (Wildman–Crippen LogP) is 3.98. The van der Waals surface area contributed by atoms with Gasteiger partial charge in [-0.2, -0.15) is 0 Å². The van der Waals surface area contributed by atoms with Crippen LogP contribution in [-0.2, 0) is 5.41 Å². The highest BCUT2D eigenvalue weighted by Crippen LogP contribution is 2.24. The highest BCUT2D eigenvalue weighted by atomic mass is 16.5. The second kappa shape index (κ2) is 7.48. The van der Waals surface area contributed by atoms with Gasteiger partial charge in [0.25, 0.3) is 5.91 Å². The molecule has 150 valence electrons. The van der Waals surface area contributed by atoms with Crippen molar-refractivity contribution < 1.29 is 9.32 Å². The summed E-state index contributed by atoms with van der Waals surface area (Å²) in [5, 5.41) is 6.71. The van der Waals surface area contributed by atoms with Crippen molar-refractivity contribution in [3.8, 4) is 11.8 Å². The van der Waals surface area contributed by atoms with Gasteiger partial charge in [-0.3, -0.25) is 9.20 Å². The van der Waals surface area contributed by atoms with Gasteiger partial charge in [0.2, 0.25) is 0 Å². The van der Waals surface area contributed by atoms with E-state index in [-0.39, 0.29) is 11.3 Å². The van der Waals surface area contributed by atoms with Crippen LogP contribution in [0.5, 0.6) is 0 Å². The van der Waals surface area contributed by atoms with Crippen molar-refractivity contribution in [1.82, 2.24) is 19.5 Å². The van der Waals surface area contributed by atoms with Crippen molar-refractivity contribution >= 4 is 17.4 Å². The average molecular weight is 399 g/mol. The molecule has 0 atom stereocenters. The lowest BCUT2D eigenvalue weighted by molar-refractivity contribution is 0.102. The predicted molar refractivity (Wildman–Crippen MR) is 113 cm³/mol. The normalized spacial score (nSPS) is 11.2. The van der Waals surface area contributed by atoms with Crippen LogP contribution in [0.4, 0.5) is 5.82 Å². The monoisotopic (exact) mass is 399 g/mol. The number of aromatic nitrogens is 4. The van der Waals surface area contributed by atoms with Gasteiger partial charge in [-0.25, -0.2) is 9.97 Å². The summed E-state index contributed by atoms with van der Waals surface area (Å²) in [6.07, 6.45) is 5.06. The SMILES string of the molecule is Cc1ccc(C(=O)Nc2cc(C(C)(C)C)on2)cc1C#Cc1cnc2ccncn12. The summed E-state index contributed by atoms with van der Waals surface area (Å²) in [5.74, 6) is 7.07. The molecular weight excluding hydrogens is 378 g/mol. The zero-order valence-electron chi connectivity index (χ0n) is 17.2. The van der Waals surface area contributed by atoms with Crippen LogP contribution in [-0.4, -0.2) is 25.4 Å². The standard InChI is InChI=1S/C23H21N5O2/c1-15-5-6-17(22(29)26-20-12-19(30-27-20)23(2,3)4)11-16(15)7-8-18-13-25-21-9-10-24-14-28(18)21/h5-6,9-14H,1-4H3,(H,26,27,29). The third-order valence-corrected chi connectivity index (χ3v) is 4.63. The molecule has 1 N–H and O–H groups in total. The Bertz CT molecular complexity index is 1300. The van der Waals surface area contributed by atoms with Crippen LogP contribution < -0.4 is 5.32 Å². The fourth-order valence-electron chi connectivity index (χ4n) is 2.83. The van der Waals surface area contributed by atoms with E-state index >= 15 is 0 Å². The number of hydrogen-bond donors (Lipinski definition) is 1. The lowest BCUT2D eigenvalue weighted by Crippen LogP contribution is -2.13. The van der Waals surface area contributed by atoms with Gasteiger partial charge in [0.1, 0.15) is 23.4 Å². The van der Waals surface area contributed by atoms with Crippen molar-refractivity contribution in [2.24, 2.45) is 0 Å². The molecule has 0 aliphatic heterocycles. The van der Waals surface area contributed by atoms with Crippen molar-refractivity contribution in [2.45, 2.75) is 33.1 Å². The Labute approximate surface area is 174 Å². The maximum atomic E-state index is 12.7. The quantitative estimate of drug-likeness (QED) is 0.516. The van der Waals surface area contributed by atoms with Crippen LogP contribution in [0.2, 0.25) is 0 Å². The fraction of sp³-hybridized carbons (Fsp3) is 0.217. The molecule has 0 spiro atoms. The molecule has 0 aliphatic rings. The van der Waals surface area contributed by atoms with Gasteiger partial charge in [-0.1, -0.05) is 37.9 Å². The van der Waals surface area contributed by atoms with Crippen molar-refractivity contribution in [2.75, 3.05) is 5.32 Å². The number of amides is 1. The average Bonchev–Trinajstić information content (AvgIpc) is 3.34.